The first-order valence-electron chi connectivity index (χ1n) is 6.75. The minimum atomic E-state index is -4.48. The molecule has 108 valence electrons. The molecule has 0 aliphatic heterocycles. The third-order valence-corrected chi connectivity index (χ3v) is 4.39. The summed E-state index contributed by atoms with van der Waals surface area (Å²) in [7, 11) is -4.48. The maximum absolute atomic E-state index is 11.6. The maximum Gasteiger partial charge on any atom is 1.00 e. The van der Waals surface area contributed by atoms with Crippen LogP contribution < -0.4 is 29.6 Å². The second-order valence-corrected chi connectivity index (χ2v) is 7.03. The zero-order valence-electron chi connectivity index (χ0n) is 13.2. The zero-order chi connectivity index (χ0) is 15.1. The van der Waals surface area contributed by atoms with Gasteiger partial charge in [-0.1, -0.05) is 52.0 Å². The summed E-state index contributed by atoms with van der Waals surface area (Å²) >= 11 is 0. The number of fused-ring (bicyclic) bond motifs is 1. The Hall–Kier alpha value is -0.390. The van der Waals surface area contributed by atoms with Gasteiger partial charge in [-0.05, 0) is 39.8 Å². The van der Waals surface area contributed by atoms with Crippen LogP contribution in [0.2, 0.25) is 0 Å². The van der Waals surface area contributed by atoms with E-state index >= 15 is 0 Å². The predicted molar refractivity (Wildman–Crippen MR) is 80.1 cm³/mol. The molecule has 2 rings (SSSR count). The van der Waals surface area contributed by atoms with Gasteiger partial charge >= 0.3 is 29.6 Å². The Balaban J connectivity index is 0.00000220. The van der Waals surface area contributed by atoms with Crippen LogP contribution in [0.3, 0.4) is 0 Å². The van der Waals surface area contributed by atoms with Gasteiger partial charge in [-0.15, -0.1) is 0 Å². The quantitative estimate of drug-likeness (QED) is 0.627. The third-order valence-electron chi connectivity index (χ3n) is 3.52. The Morgan fingerprint density at radius 2 is 1.48 bits per heavy atom. The molecule has 0 bridgehead atoms. The van der Waals surface area contributed by atoms with Gasteiger partial charge in [-0.2, -0.15) is 0 Å². The minimum absolute atomic E-state index is 0. The molecule has 0 saturated carbocycles. The van der Waals surface area contributed by atoms with Crippen LogP contribution in [0.5, 0.6) is 0 Å². The van der Waals surface area contributed by atoms with Crippen LogP contribution in [0.4, 0.5) is 0 Å². The summed E-state index contributed by atoms with van der Waals surface area (Å²) in [5.74, 6) is 0.134. The van der Waals surface area contributed by atoms with Gasteiger partial charge in [0.25, 0.3) is 0 Å². The third kappa shape index (κ3) is 3.69. The fraction of sp³-hybridized carbons (Fsp3) is 0.375. The largest absolute Gasteiger partial charge is 1.00 e. The van der Waals surface area contributed by atoms with E-state index in [0.29, 0.717) is 5.56 Å². The molecule has 0 aliphatic carbocycles. The molecule has 0 saturated heterocycles. The maximum atomic E-state index is 11.6. The number of rotatable bonds is 3. The number of hydrogen-bond acceptors (Lipinski definition) is 3. The normalized spacial score (nSPS) is 12.0. The minimum Gasteiger partial charge on any atom is -0.744 e. The van der Waals surface area contributed by atoms with E-state index in [-0.39, 0.29) is 46.3 Å². The molecule has 2 aromatic carbocycles. The molecule has 5 heteroatoms. The first-order valence-corrected chi connectivity index (χ1v) is 8.15. The van der Waals surface area contributed by atoms with Crippen molar-refractivity contribution >= 4 is 20.9 Å². The van der Waals surface area contributed by atoms with E-state index in [1.807, 2.05) is 52.0 Å². The molecule has 3 nitrogen and oxygen atoms in total. The van der Waals surface area contributed by atoms with E-state index in [9.17, 15) is 13.0 Å². The summed E-state index contributed by atoms with van der Waals surface area (Å²) in [5, 5.41) is 1.83. The molecule has 0 aliphatic rings. The molecule has 0 atom stereocenters. The Morgan fingerprint density at radius 1 is 0.952 bits per heavy atom. The van der Waals surface area contributed by atoms with Crippen LogP contribution >= 0.6 is 0 Å². The molecule has 0 spiro atoms. The number of benzene rings is 2. The van der Waals surface area contributed by atoms with Gasteiger partial charge in [0.1, 0.15) is 10.1 Å². The Kier molecular flexibility index (Phi) is 6.04. The van der Waals surface area contributed by atoms with Crippen LogP contribution in [0.15, 0.2) is 35.2 Å². The van der Waals surface area contributed by atoms with Crippen LogP contribution in [0, 0.1) is 0 Å². The average Bonchev–Trinajstić information content (AvgIpc) is 2.34. The molecule has 2 aromatic rings. The van der Waals surface area contributed by atoms with E-state index in [4.69, 9.17) is 0 Å². The molecular weight excluding hydrogens is 295 g/mol. The summed E-state index contributed by atoms with van der Waals surface area (Å²) in [4.78, 5) is -0.0742. The number of hydrogen-bond donors (Lipinski definition) is 0. The molecule has 0 fully saturated rings. The van der Waals surface area contributed by atoms with Gasteiger partial charge in [-0.3, -0.25) is 0 Å². The van der Waals surface area contributed by atoms with Gasteiger partial charge in [-0.25, -0.2) is 8.42 Å². The first-order chi connectivity index (χ1) is 9.23. The van der Waals surface area contributed by atoms with E-state index in [1.165, 1.54) is 6.07 Å². The Bertz CT molecular complexity index is 749. The smallest absolute Gasteiger partial charge is 0.744 e. The summed E-state index contributed by atoms with van der Waals surface area (Å²) < 4.78 is 34.9. The van der Waals surface area contributed by atoms with Gasteiger partial charge in [0.2, 0.25) is 0 Å². The molecule has 0 aromatic heterocycles. The van der Waals surface area contributed by atoms with Crippen molar-refractivity contribution in [2.24, 2.45) is 0 Å². The summed E-state index contributed by atoms with van der Waals surface area (Å²) in [5.41, 5.74) is 1.63. The monoisotopic (exact) mass is 314 g/mol. The van der Waals surface area contributed by atoms with Crippen molar-refractivity contribution in [1.29, 1.82) is 0 Å². The molecule has 0 heterocycles. The Morgan fingerprint density at radius 3 is 1.95 bits per heavy atom. The molecular formula is C16H19NaO3S. The van der Waals surface area contributed by atoms with E-state index in [1.54, 1.807) is 0 Å². The SMILES string of the molecule is CC(C)c1c(S(=O)(=O)[O-])cc2ccccc2c1C(C)C.[Na+]. The fourth-order valence-electron chi connectivity index (χ4n) is 2.79. The van der Waals surface area contributed by atoms with Crippen LogP contribution in [-0.4, -0.2) is 13.0 Å². The van der Waals surface area contributed by atoms with E-state index in [0.717, 1.165) is 16.3 Å². The van der Waals surface area contributed by atoms with E-state index < -0.39 is 10.1 Å². The van der Waals surface area contributed by atoms with Crippen LogP contribution in [0.25, 0.3) is 10.8 Å². The fourth-order valence-corrected chi connectivity index (χ4v) is 3.68. The Labute approximate surface area is 148 Å². The summed E-state index contributed by atoms with van der Waals surface area (Å²) in [6.07, 6.45) is 0. The van der Waals surface area contributed by atoms with Crippen LogP contribution in [-0.2, 0) is 10.1 Å². The standard InChI is InChI=1S/C16H20O3S.Na/c1-10(2)15-13-8-6-5-7-12(13)9-14(20(17,18)19)16(15)11(3)4;/h5-11H,1-4H3,(H,17,18,19);/q;+1/p-1. The molecule has 0 amide bonds. The van der Waals surface area contributed by atoms with Crippen molar-refractivity contribution < 1.29 is 42.5 Å². The van der Waals surface area contributed by atoms with Crippen LogP contribution in [0.1, 0.15) is 50.7 Å². The van der Waals surface area contributed by atoms with Gasteiger partial charge in [0.05, 0.1) is 4.90 Å². The summed E-state index contributed by atoms with van der Waals surface area (Å²) in [6, 6.07) is 9.13. The first kappa shape index (κ1) is 18.7. The second-order valence-electron chi connectivity index (χ2n) is 5.69. The van der Waals surface area contributed by atoms with Crippen molar-refractivity contribution in [2.75, 3.05) is 0 Å². The predicted octanol–water partition coefficient (Wildman–Crippen LogP) is 0.995. The van der Waals surface area contributed by atoms with Gasteiger partial charge in [0, 0.05) is 0 Å². The van der Waals surface area contributed by atoms with Gasteiger partial charge in [0.15, 0.2) is 0 Å². The second kappa shape index (κ2) is 6.80. The summed E-state index contributed by atoms with van der Waals surface area (Å²) in [6.45, 7) is 7.89. The van der Waals surface area contributed by atoms with Crippen molar-refractivity contribution in [3.8, 4) is 0 Å². The van der Waals surface area contributed by atoms with Crippen molar-refractivity contribution in [2.45, 2.75) is 44.4 Å². The zero-order valence-corrected chi connectivity index (χ0v) is 16.0. The van der Waals surface area contributed by atoms with Crippen molar-refractivity contribution in [3.63, 3.8) is 0 Å². The van der Waals surface area contributed by atoms with Crippen molar-refractivity contribution in [3.05, 3.63) is 41.5 Å². The van der Waals surface area contributed by atoms with Gasteiger partial charge < -0.3 is 4.55 Å². The molecule has 0 radical (unpaired) electrons. The molecule has 21 heavy (non-hydrogen) atoms. The topological polar surface area (TPSA) is 57.2 Å². The van der Waals surface area contributed by atoms with Crippen molar-refractivity contribution in [1.82, 2.24) is 0 Å². The van der Waals surface area contributed by atoms with E-state index in [2.05, 4.69) is 0 Å². The molecule has 0 unspecified atom stereocenters. The average molecular weight is 314 g/mol. The molecule has 0 N–H and O–H groups in total.